The van der Waals surface area contributed by atoms with Crippen LogP contribution in [0.2, 0.25) is 0 Å². The second-order valence-electron chi connectivity index (χ2n) is 7.29. The molecule has 0 saturated carbocycles. The molecule has 1 atom stereocenters. The minimum atomic E-state index is -1.01. The molecule has 0 radical (unpaired) electrons. The molecule has 0 fully saturated rings. The zero-order valence-electron chi connectivity index (χ0n) is 15.9. The zero-order valence-corrected chi connectivity index (χ0v) is 15.9. The van der Waals surface area contributed by atoms with Crippen molar-refractivity contribution in [1.29, 1.82) is 0 Å². The molecule has 0 saturated heterocycles. The van der Waals surface area contributed by atoms with Crippen LogP contribution in [0.15, 0.2) is 54.6 Å². The Hall–Kier alpha value is -2.79. The van der Waals surface area contributed by atoms with Gasteiger partial charge in [0, 0.05) is 6.08 Å². The highest BCUT2D eigenvalue weighted by Crippen LogP contribution is 2.24. The molecule has 5 heteroatoms. The second-order valence-corrected chi connectivity index (χ2v) is 7.29. The van der Waals surface area contributed by atoms with E-state index < -0.39 is 12.1 Å². The lowest BCUT2D eigenvalue weighted by molar-refractivity contribution is -0.131. The Morgan fingerprint density at radius 3 is 2.26 bits per heavy atom. The average molecular weight is 370 g/mol. The maximum absolute atomic E-state index is 10.6. The first kappa shape index (κ1) is 20.5. The quantitative estimate of drug-likeness (QED) is 0.689. The number of carbonyl (C=O) groups is 1. The van der Waals surface area contributed by atoms with Gasteiger partial charge in [0.25, 0.3) is 0 Å². The summed E-state index contributed by atoms with van der Waals surface area (Å²) in [5.41, 5.74) is 2.01. The van der Waals surface area contributed by atoms with Crippen molar-refractivity contribution in [1.82, 2.24) is 0 Å². The summed E-state index contributed by atoms with van der Waals surface area (Å²) in [6.07, 6.45) is 1.76. The van der Waals surface area contributed by atoms with E-state index in [4.69, 9.17) is 14.6 Å². The van der Waals surface area contributed by atoms with Crippen LogP contribution >= 0.6 is 0 Å². The van der Waals surface area contributed by atoms with E-state index in [1.807, 2.05) is 24.3 Å². The van der Waals surface area contributed by atoms with Crippen LogP contribution in [-0.4, -0.2) is 35.5 Å². The summed E-state index contributed by atoms with van der Waals surface area (Å²) in [4.78, 5) is 10.6. The number of carboxylic acid groups (broad SMARTS) is 1. The monoisotopic (exact) mass is 370 g/mol. The van der Waals surface area contributed by atoms with Crippen molar-refractivity contribution in [2.45, 2.75) is 32.3 Å². The minimum Gasteiger partial charge on any atom is -0.491 e. The predicted molar refractivity (Wildman–Crippen MR) is 105 cm³/mol. The summed E-state index contributed by atoms with van der Waals surface area (Å²) in [7, 11) is 0. The first-order valence-corrected chi connectivity index (χ1v) is 8.79. The zero-order chi connectivity index (χ0) is 19.9. The van der Waals surface area contributed by atoms with E-state index in [-0.39, 0.29) is 18.6 Å². The molecule has 0 spiro atoms. The van der Waals surface area contributed by atoms with E-state index in [2.05, 4.69) is 20.8 Å². The Labute approximate surface area is 159 Å². The van der Waals surface area contributed by atoms with Crippen LogP contribution in [-0.2, 0) is 10.2 Å². The maximum Gasteiger partial charge on any atom is 0.328 e. The van der Waals surface area contributed by atoms with Crippen molar-refractivity contribution in [2.24, 2.45) is 0 Å². The lowest BCUT2D eigenvalue weighted by atomic mass is 9.87. The number of aliphatic hydroxyl groups is 1. The molecule has 27 heavy (non-hydrogen) atoms. The van der Waals surface area contributed by atoms with Gasteiger partial charge in [-0.3, -0.25) is 0 Å². The third-order valence-corrected chi connectivity index (χ3v) is 3.88. The van der Waals surface area contributed by atoms with Crippen LogP contribution in [0.3, 0.4) is 0 Å². The van der Waals surface area contributed by atoms with Crippen molar-refractivity contribution >= 4 is 12.0 Å². The predicted octanol–water partition coefficient (Wildman–Crippen LogP) is 3.90. The number of rotatable bonds is 8. The highest BCUT2D eigenvalue weighted by molar-refractivity contribution is 5.85. The summed E-state index contributed by atoms with van der Waals surface area (Å²) in [6.45, 7) is 6.64. The van der Waals surface area contributed by atoms with E-state index in [9.17, 15) is 9.90 Å². The molecule has 0 amide bonds. The fraction of sp³-hybridized carbons (Fsp3) is 0.318. The van der Waals surface area contributed by atoms with Gasteiger partial charge in [0.2, 0.25) is 0 Å². The molecule has 0 aromatic heterocycles. The molecular formula is C22H26O5. The van der Waals surface area contributed by atoms with Gasteiger partial charge >= 0.3 is 5.97 Å². The van der Waals surface area contributed by atoms with Crippen molar-refractivity contribution in [3.05, 3.63) is 65.7 Å². The van der Waals surface area contributed by atoms with Crippen LogP contribution < -0.4 is 9.47 Å². The van der Waals surface area contributed by atoms with Crippen LogP contribution in [0, 0.1) is 0 Å². The van der Waals surface area contributed by atoms with Crippen LogP contribution in [0.5, 0.6) is 11.5 Å². The topological polar surface area (TPSA) is 76.0 Å². The molecule has 5 nitrogen and oxygen atoms in total. The number of hydrogen-bond donors (Lipinski definition) is 2. The fourth-order valence-electron chi connectivity index (χ4n) is 2.36. The lowest BCUT2D eigenvalue weighted by Crippen LogP contribution is -2.25. The number of benzene rings is 2. The molecule has 2 aromatic rings. The number of aliphatic hydroxyl groups excluding tert-OH is 1. The van der Waals surface area contributed by atoms with Crippen LogP contribution in [0.4, 0.5) is 0 Å². The number of aliphatic carboxylic acids is 1. The van der Waals surface area contributed by atoms with E-state index in [1.54, 1.807) is 24.3 Å². The molecule has 1 unspecified atom stereocenters. The molecule has 2 N–H and O–H groups in total. The minimum absolute atomic E-state index is 0.0756. The molecule has 144 valence electrons. The van der Waals surface area contributed by atoms with Crippen LogP contribution in [0.25, 0.3) is 6.08 Å². The fourth-order valence-corrected chi connectivity index (χ4v) is 2.36. The SMILES string of the molecule is CC(C)(C)c1ccc(OCC(O)COc2cccc(C=CC(=O)O)c2)cc1. The van der Waals surface area contributed by atoms with Gasteiger partial charge in [-0.15, -0.1) is 0 Å². The Balaban J connectivity index is 1.82. The number of carboxylic acids is 1. The maximum atomic E-state index is 10.6. The summed E-state index contributed by atoms with van der Waals surface area (Å²) in [6, 6.07) is 14.8. The van der Waals surface area contributed by atoms with Crippen molar-refractivity contribution in [3.8, 4) is 11.5 Å². The summed E-state index contributed by atoms with van der Waals surface area (Å²) < 4.78 is 11.2. The first-order valence-electron chi connectivity index (χ1n) is 8.79. The Kier molecular flexibility index (Phi) is 7.02. The molecule has 0 heterocycles. The Morgan fingerprint density at radius 1 is 1.04 bits per heavy atom. The van der Waals surface area contributed by atoms with Gasteiger partial charge in [0.05, 0.1) is 0 Å². The highest BCUT2D eigenvalue weighted by atomic mass is 16.5. The van der Waals surface area contributed by atoms with Gasteiger partial charge in [-0.2, -0.15) is 0 Å². The van der Waals surface area contributed by atoms with E-state index in [0.29, 0.717) is 17.1 Å². The molecular weight excluding hydrogens is 344 g/mol. The van der Waals surface area contributed by atoms with Gasteiger partial charge in [-0.25, -0.2) is 4.79 Å². The first-order chi connectivity index (χ1) is 12.7. The van der Waals surface area contributed by atoms with E-state index in [1.165, 1.54) is 11.6 Å². The summed E-state index contributed by atoms with van der Waals surface area (Å²) >= 11 is 0. The molecule has 0 bridgehead atoms. The highest BCUT2D eigenvalue weighted by Gasteiger charge is 2.13. The largest absolute Gasteiger partial charge is 0.491 e. The smallest absolute Gasteiger partial charge is 0.328 e. The van der Waals surface area contributed by atoms with Gasteiger partial charge < -0.3 is 19.7 Å². The Morgan fingerprint density at radius 2 is 1.67 bits per heavy atom. The van der Waals surface area contributed by atoms with Gasteiger partial charge in [0.1, 0.15) is 30.8 Å². The lowest BCUT2D eigenvalue weighted by Gasteiger charge is -2.19. The van der Waals surface area contributed by atoms with Crippen molar-refractivity contribution in [2.75, 3.05) is 13.2 Å². The summed E-state index contributed by atoms with van der Waals surface area (Å²) in [5.74, 6) is 0.239. The molecule has 0 aliphatic carbocycles. The molecule has 0 aliphatic heterocycles. The molecule has 2 aromatic carbocycles. The Bertz CT molecular complexity index is 772. The second kappa shape index (κ2) is 9.24. The average Bonchev–Trinajstić information content (AvgIpc) is 2.63. The van der Waals surface area contributed by atoms with Gasteiger partial charge in [-0.1, -0.05) is 45.0 Å². The normalized spacial score (nSPS) is 12.7. The number of ether oxygens (including phenoxy) is 2. The van der Waals surface area contributed by atoms with Crippen LogP contribution in [0.1, 0.15) is 31.9 Å². The van der Waals surface area contributed by atoms with Crippen molar-refractivity contribution < 1.29 is 24.5 Å². The third-order valence-electron chi connectivity index (χ3n) is 3.88. The third kappa shape index (κ3) is 7.15. The van der Waals surface area contributed by atoms with E-state index >= 15 is 0 Å². The standard InChI is InChI=1S/C22H26O5/c1-22(2,3)17-8-10-19(11-9-17)26-14-18(23)15-27-20-6-4-5-16(13-20)7-12-21(24)25/h4-13,18,23H,14-15H2,1-3H3,(H,24,25). The van der Waals surface area contributed by atoms with Gasteiger partial charge in [-0.05, 0) is 46.9 Å². The molecule has 2 rings (SSSR count). The van der Waals surface area contributed by atoms with E-state index in [0.717, 1.165) is 6.08 Å². The summed E-state index contributed by atoms with van der Waals surface area (Å²) in [5, 5.41) is 18.7. The number of hydrogen-bond acceptors (Lipinski definition) is 4. The van der Waals surface area contributed by atoms with Gasteiger partial charge in [0.15, 0.2) is 0 Å². The molecule has 0 aliphatic rings. The van der Waals surface area contributed by atoms with Crippen molar-refractivity contribution in [3.63, 3.8) is 0 Å².